The molecule has 0 aliphatic rings. The number of fused-ring (bicyclic) bond motifs is 3. The first-order chi connectivity index (χ1) is 27.3. The highest BCUT2D eigenvalue weighted by molar-refractivity contribution is 6.10. The molecule has 0 unspecified atom stereocenters. The van der Waals surface area contributed by atoms with Crippen LogP contribution < -0.4 is 0 Å². The Labute approximate surface area is 319 Å². The number of hydrogen-bond acceptors (Lipinski definition) is 3. The molecule has 0 N–H and O–H groups in total. The van der Waals surface area contributed by atoms with Gasteiger partial charge in [0.2, 0.25) is 0 Å². The molecule has 0 saturated carbocycles. The van der Waals surface area contributed by atoms with Gasteiger partial charge in [-0.25, -0.2) is 15.0 Å². The third kappa shape index (κ3) is 6.06. The van der Waals surface area contributed by atoms with Crippen LogP contribution in [0.3, 0.4) is 0 Å². The number of rotatable bonds is 7. The summed E-state index contributed by atoms with van der Waals surface area (Å²) in [5, 5.41) is 2.45. The summed E-state index contributed by atoms with van der Waals surface area (Å²) in [6, 6.07) is 72.2. The molecule has 55 heavy (non-hydrogen) atoms. The van der Waals surface area contributed by atoms with E-state index in [1.165, 1.54) is 27.5 Å². The Balaban J connectivity index is 1.09. The largest absolute Gasteiger partial charge is 0.309 e. The summed E-state index contributed by atoms with van der Waals surface area (Å²) in [5.41, 5.74) is 13.1. The van der Waals surface area contributed by atoms with Gasteiger partial charge in [-0.2, -0.15) is 0 Å². The zero-order chi connectivity index (χ0) is 36.6. The summed E-state index contributed by atoms with van der Waals surface area (Å²) in [4.78, 5) is 15.4. The molecule has 4 heteroatoms. The highest BCUT2D eigenvalue weighted by Gasteiger charge is 2.17. The van der Waals surface area contributed by atoms with Gasteiger partial charge in [0.05, 0.1) is 11.0 Å². The summed E-state index contributed by atoms with van der Waals surface area (Å²) in [6.45, 7) is 0. The van der Waals surface area contributed by atoms with Crippen LogP contribution in [0.1, 0.15) is 0 Å². The Morgan fingerprint density at radius 2 is 0.709 bits per heavy atom. The Morgan fingerprint density at radius 3 is 1.36 bits per heavy atom. The van der Waals surface area contributed by atoms with Gasteiger partial charge in [-0.1, -0.05) is 164 Å². The van der Waals surface area contributed by atoms with Gasteiger partial charge in [0.15, 0.2) is 17.5 Å². The minimum atomic E-state index is 0.622. The molecule has 0 saturated heterocycles. The van der Waals surface area contributed by atoms with Crippen LogP contribution in [0.5, 0.6) is 0 Å². The quantitative estimate of drug-likeness (QED) is 0.166. The van der Waals surface area contributed by atoms with Crippen LogP contribution in [0.15, 0.2) is 206 Å². The molecule has 10 aromatic rings. The smallest absolute Gasteiger partial charge is 0.164 e. The van der Waals surface area contributed by atoms with Gasteiger partial charge < -0.3 is 4.57 Å². The van der Waals surface area contributed by atoms with Gasteiger partial charge in [-0.15, -0.1) is 0 Å². The molecule has 0 fully saturated rings. The fourth-order valence-corrected chi connectivity index (χ4v) is 7.57. The molecule has 0 atom stereocenters. The zero-order valence-corrected chi connectivity index (χ0v) is 29.9. The predicted molar refractivity (Wildman–Crippen MR) is 227 cm³/mol. The van der Waals surface area contributed by atoms with E-state index >= 15 is 0 Å². The second-order valence-electron chi connectivity index (χ2n) is 13.7. The van der Waals surface area contributed by atoms with Crippen LogP contribution in [0.25, 0.3) is 95.0 Å². The Kier molecular flexibility index (Phi) is 8.12. The van der Waals surface area contributed by atoms with Crippen LogP contribution in [-0.2, 0) is 0 Å². The first-order valence-electron chi connectivity index (χ1n) is 18.5. The van der Waals surface area contributed by atoms with Crippen molar-refractivity contribution in [2.45, 2.75) is 0 Å². The van der Waals surface area contributed by atoms with Crippen LogP contribution in [0.4, 0.5) is 0 Å². The van der Waals surface area contributed by atoms with Crippen LogP contribution in [-0.4, -0.2) is 19.5 Å². The SMILES string of the molecule is c1ccc(-c2ccc(-c3nc(-c4ccc(-n5c6ccccc6c6cc(-c7ccccc7)ccc65)cc4)nc(-c4ccccc4-c4ccccc4)n3)cc2)cc1. The molecular weight excluding hydrogens is 669 g/mol. The molecule has 0 aliphatic carbocycles. The Morgan fingerprint density at radius 1 is 0.273 bits per heavy atom. The fraction of sp³-hybridized carbons (Fsp3) is 0. The van der Waals surface area contributed by atoms with Crippen molar-refractivity contribution < 1.29 is 0 Å². The normalized spacial score (nSPS) is 11.3. The standard InChI is InChI=1S/C51H34N4/c1-4-14-35(15-5-1)37-24-26-39(27-25-37)49-52-50(54-51(53-49)45-22-11-10-20-43(45)38-18-8-3-9-19-38)40-28-31-42(32-29-40)55-47-23-13-12-21-44(47)46-34-41(30-33-48(46)55)36-16-6-2-7-17-36/h1-34H. The summed E-state index contributed by atoms with van der Waals surface area (Å²) in [6.07, 6.45) is 0. The third-order valence-corrected chi connectivity index (χ3v) is 10.3. The van der Waals surface area contributed by atoms with Gasteiger partial charge in [-0.05, 0) is 75.8 Å². The van der Waals surface area contributed by atoms with Crippen molar-refractivity contribution in [3.05, 3.63) is 206 Å². The van der Waals surface area contributed by atoms with Crippen molar-refractivity contribution in [1.29, 1.82) is 0 Å². The van der Waals surface area contributed by atoms with Gasteiger partial charge in [0, 0.05) is 33.2 Å². The lowest BCUT2D eigenvalue weighted by Gasteiger charge is -2.13. The van der Waals surface area contributed by atoms with E-state index in [-0.39, 0.29) is 0 Å². The average molecular weight is 703 g/mol. The molecule has 2 heterocycles. The van der Waals surface area contributed by atoms with Crippen molar-refractivity contribution in [2.24, 2.45) is 0 Å². The van der Waals surface area contributed by atoms with Crippen molar-refractivity contribution >= 4 is 21.8 Å². The van der Waals surface area contributed by atoms with E-state index in [9.17, 15) is 0 Å². The summed E-state index contributed by atoms with van der Waals surface area (Å²) in [5.74, 6) is 1.88. The molecule has 8 aromatic carbocycles. The molecule has 10 rings (SSSR count). The number of benzene rings is 8. The monoisotopic (exact) mass is 702 g/mol. The minimum Gasteiger partial charge on any atom is -0.309 e. The molecule has 0 spiro atoms. The maximum absolute atomic E-state index is 5.15. The molecule has 0 amide bonds. The van der Waals surface area contributed by atoms with E-state index in [4.69, 9.17) is 15.0 Å². The van der Waals surface area contributed by atoms with E-state index in [2.05, 4.69) is 193 Å². The number of aromatic nitrogens is 4. The summed E-state index contributed by atoms with van der Waals surface area (Å²) >= 11 is 0. The molecule has 4 nitrogen and oxygen atoms in total. The predicted octanol–water partition coefficient (Wildman–Crippen LogP) is 13.0. The highest BCUT2D eigenvalue weighted by atomic mass is 15.0. The van der Waals surface area contributed by atoms with Crippen molar-refractivity contribution in [3.63, 3.8) is 0 Å². The second kappa shape index (κ2) is 13.8. The Bertz CT molecular complexity index is 2930. The van der Waals surface area contributed by atoms with Crippen LogP contribution in [0.2, 0.25) is 0 Å². The lowest BCUT2D eigenvalue weighted by molar-refractivity contribution is 1.07. The molecular formula is C51H34N4. The van der Waals surface area contributed by atoms with Crippen molar-refractivity contribution in [2.75, 3.05) is 0 Å². The number of para-hydroxylation sites is 1. The maximum Gasteiger partial charge on any atom is 0.164 e. The van der Waals surface area contributed by atoms with E-state index < -0.39 is 0 Å². The first-order valence-corrected chi connectivity index (χ1v) is 18.5. The third-order valence-electron chi connectivity index (χ3n) is 10.3. The number of hydrogen-bond donors (Lipinski definition) is 0. The van der Waals surface area contributed by atoms with E-state index in [1.54, 1.807) is 0 Å². The Hall–Kier alpha value is -7.43. The molecule has 258 valence electrons. The fourth-order valence-electron chi connectivity index (χ4n) is 7.57. The van der Waals surface area contributed by atoms with Gasteiger partial charge in [0.25, 0.3) is 0 Å². The van der Waals surface area contributed by atoms with Gasteiger partial charge in [0.1, 0.15) is 0 Å². The van der Waals surface area contributed by atoms with E-state index in [0.717, 1.165) is 50.1 Å². The number of nitrogens with zero attached hydrogens (tertiary/aromatic N) is 4. The van der Waals surface area contributed by atoms with Crippen molar-refractivity contribution in [1.82, 2.24) is 19.5 Å². The van der Waals surface area contributed by atoms with Gasteiger partial charge >= 0.3 is 0 Å². The van der Waals surface area contributed by atoms with E-state index in [0.29, 0.717) is 17.5 Å². The lowest BCUT2D eigenvalue weighted by Crippen LogP contribution is -2.01. The molecule has 0 radical (unpaired) electrons. The molecule has 0 bridgehead atoms. The first kappa shape index (κ1) is 32.2. The van der Waals surface area contributed by atoms with Crippen molar-refractivity contribution in [3.8, 4) is 73.2 Å². The summed E-state index contributed by atoms with van der Waals surface area (Å²) in [7, 11) is 0. The molecule has 0 aliphatic heterocycles. The lowest BCUT2D eigenvalue weighted by atomic mass is 9.99. The van der Waals surface area contributed by atoms with E-state index in [1.807, 2.05) is 18.2 Å². The second-order valence-corrected chi connectivity index (χ2v) is 13.7. The topological polar surface area (TPSA) is 43.6 Å². The van der Waals surface area contributed by atoms with Crippen LogP contribution in [0, 0.1) is 0 Å². The maximum atomic E-state index is 5.15. The average Bonchev–Trinajstić information content (AvgIpc) is 3.61. The summed E-state index contributed by atoms with van der Waals surface area (Å²) < 4.78 is 2.35. The zero-order valence-electron chi connectivity index (χ0n) is 29.9. The highest BCUT2D eigenvalue weighted by Crippen LogP contribution is 2.36. The minimum absolute atomic E-state index is 0.622. The molecule has 2 aromatic heterocycles. The van der Waals surface area contributed by atoms with Gasteiger partial charge in [-0.3, -0.25) is 0 Å². The van der Waals surface area contributed by atoms with Crippen LogP contribution >= 0.6 is 0 Å².